The molecule has 2 aromatic carbocycles. The van der Waals surface area contributed by atoms with Crippen molar-refractivity contribution >= 4 is 11.9 Å². The van der Waals surface area contributed by atoms with Crippen LogP contribution in [0, 0.1) is 0 Å². The lowest BCUT2D eigenvalue weighted by Crippen LogP contribution is -2.39. The number of ether oxygens (including phenoxy) is 2. The number of guanidine groups is 1. The van der Waals surface area contributed by atoms with Gasteiger partial charge in [-0.25, -0.2) is 0 Å². The van der Waals surface area contributed by atoms with Crippen LogP contribution in [0.25, 0.3) is 0 Å². The Labute approximate surface area is 172 Å². The molecule has 0 aliphatic carbocycles. The molecule has 2 aromatic rings. The molecule has 0 fully saturated rings. The van der Waals surface area contributed by atoms with Crippen molar-refractivity contribution in [3.63, 3.8) is 0 Å². The summed E-state index contributed by atoms with van der Waals surface area (Å²) in [6.45, 7) is 4.03. The quantitative estimate of drug-likeness (QED) is 0.473. The zero-order chi connectivity index (χ0) is 21.1. The van der Waals surface area contributed by atoms with Crippen molar-refractivity contribution in [2.45, 2.75) is 19.9 Å². The molecule has 0 saturated heterocycles. The maximum absolute atomic E-state index is 10.8. The van der Waals surface area contributed by atoms with E-state index in [0.717, 1.165) is 36.8 Å². The third-order valence-corrected chi connectivity index (χ3v) is 4.23. The Balaban J connectivity index is 1.79. The maximum atomic E-state index is 10.8. The van der Waals surface area contributed by atoms with Gasteiger partial charge in [0.1, 0.15) is 11.5 Å². The van der Waals surface area contributed by atoms with Crippen LogP contribution in [0.1, 0.15) is 18.1 Å². The molecule has 1 amide bonds. The number of hydrogen-bond acceptors (Lipinski definition) is 4. The average Bonchev–Trinajstić information content (AvgIpc) is 2.72. The predicted molar refractivity (Wildman–Crippen MR) is 115 cm³/mol. The summed E-state index contributed by atoms with van der Waals surface area (Å²) in [6.07, 6.45) is 0.839. The zero-order valence-electron chi connectivity index (χ0n) is 17.4. The highest BCUT2D eigenvalue weighted by molar-refractivity contribution is 5.79. The minimum Gasteiger partial charge on any atom is -0.494 e. The number of hydrogen-bond donors (Lipinski definition) is 2. The van der Waals surface area contributed by atoms with Gasteiger partial charge in [0, 0.05) is 27.2 Å². The lowest BCUT2D eigenvalue weighted by molar-refractivity contribution is -0.119. The van der Waals surface area contributed by atoms with Crippen molar-refractivity contribution in [1.82, 2.24) is 10.2 Å². The van der Waals surface area contributed by atoms with Gasteiger partial charge in [-0.15, -0.1) is 0 Å². The molecular weight excluding hydrogens is 368 g/mol. The summed E-state index contributed by atoms with van der Waals surface area (Å²) in [7, 11) is 3.79. The van der Waals surface area contributed by atoms with Crippen LogP contribution in [0.4, 0.5) is 0 Å². The lowest BCUT2D eigenvalue weighted by Gasteiger charge is -2.22. The minimum absolute atomic E-state index is 0.113. The molecule has 0 atom stereocenters. The van der Waals surface area contributed by atoms with Gasteiger partial charge in [0.05, 0.1) is 6.61 Å². The first-order valence-corrected chi connectivity index (χ1v) is 9.65. The number of carbonyl (C=O) groups excluding carboxylic acids is 1. The minimum atomic E-state index is -0.487. The van der Waals surface area contributed by atoms with Gasteiger partial charge in [-0.3, -0.25) is 9.79 Å². The van der Waals surface area contributed by atoms with Gasteiger partial charge in [-0.2, -0.15) is 0 Å². The number of nitrogens with zero attached hydrogens (tertiary/aromatic N) is 2. The van der Waals surface area contributed by atoms with Crippen molar-refractivity contribution in [1.29, 1.82) is 0 Å². The van der Waals surface area contributed by atoms with Gasteiger partial charge < -0.3 is 25.4 Å². The summed E-state index contributed by atoms with van der Waals surface area (Å²) in [6, 6.07) is 15.7. The molecule has 0 spiro atoms. The molecule has 2 rings (SSSR count). The third kappa shape index (κ3) is 7.73. The van der Waals surface area contributed by atoms with Crippen LogP contribution in [-0.2, 0) is 17.8 Å². The van der Waals surface area contributed by atoms with Crippen LogP contribution in [0.15, 0.2) is 53.5 Å². The molecule has 0 radical (unpaired) electrons. The fraction of sp³-hybridized carbons (Fsp3) is 0.364. The second kappa shape index (κ2) is 11.6. The second-order valence-corrected chi connectivity index (χ2v) is 6.56. The van der Waals surface area contributed by atoms with E-state index in [-0.39, 0.29) is 6.61 Å². The van der Waals surface area contributed by atoms with Crippen LogP contribution in [0.2, 0.25) is 0 Å². The van der Waals surface area contributed by atoms with Crippen LogP contribution in [0.5, 0.6) is 11.5 Å². The summed E-state index contributed by atoms with van der Waals surface area (Å²) in [5.74, 6) is 1.86. The van der Waals surface area contributed by atoms with E-state index in [4.69, 9.17) is 15.2 Å². The molecular formula is C22H30N4O3. The number of nitrogens with one attached hydrogen (secondary N) is 1. The van der Waals surface area contributed by atoms with Crippen LogP contribution >= 0.6 is 0 Å². The first-order valence-electron chi connectivity index (χ1n) is 9.65. The molecule has 0 aliphatic rings. The molecule has 0 aliphatic heterocycles. The summed E-state index contributed by atoms with van der Waals surface area (Å²) in [5.41, 5.74) is 7.42. The maximum Gasteiger partial charge on any atom is 0.255 e. The number of nitrogens with two attached hydrogens (primary N) is 1. The summed E-state index contributed by atoms with van der Waals surface area (Å²) in [5, 5.41) is 3.38. The molecule has 0 bridgehead atoms. The van der Waals surface area contributed by atoms with E-state index in [1.54, 1.807) is 7.05 Å². The fourth-order valence-corrected chi connectivity index (χ4v) is 2.82. The van der Waals surface area contributed by atoms with Gasteiger partial charge in [0.2, 0.25) is 0 Å². The molecule has 156 valence electrons. The van der Waals surface area contributed by atoms with Crippen LogP contribution in [0.3, 0.4) is 0 Å². The number of aliphatic imine (C=N–C) groups is 1. The van der Waals surface area contributed by atoms with E-state index in [2.05, 4.69) is 27.3 Å². The Morgan fingerprint density at radius 2 is 1.62 bits per heavy atom. The fourth-order valence-electron chi connectivity index (χ4n) is 2.82. The standard InChI is InChI=1S/C22H30N4O3/c1-4-28-19-11-7-18(8-12-19)15-26(3)22(24-2)25-14-13-17-5-9-20(10-6-17)29-16-21(23)27/h5-12H,4,13-16H2,1-3H3,(H2,23,27)(H,24,25). The number of primary amides is 1. The van der Waals surface area contributed by atoms with Crippen LogP contribution < -0.4 is 20.5 Å². The van der Waals surface area contributed by atoms with Gasteiger partial charge in [-0.05, 0) is 48.7 Å². The van der Waals surface area contributed by atoms with E-state index in [0.29, 0.717) is 12.4 Å². The highest BCUT2D eigenvalue weighted by atomic mass is 16.5. The number of rotatable bonds is 10. The van der Waals surface area contributed by atoms with Gasteiger partial charge in [0.25, 0.3) is 5.91 Å². The van der Waals surface area contributed by atoms with Gasteiger partial charge >= 0.3 is 0 Å². The Morgan fingerprint density at radius 3 is 2.17 bits per heavy atom. The number of amides is 1. The van der Waals surface area contributed by atoms with Gasteiger partial charge in [0.15, 0.2) is 12.6 Å². The Morgan fingerprint density at radius 1 is 1.03 bits per heavy atom. The first kappa shape index (κ1) is 22.1. The van der Waals surface area contributed by atoms with E-state index >= 15 is 0 Å². The largest absolute Gasteiger partial charge is 0.494 e. The molecule has 0 unspecified atom stereocenters. The topological polar surface area (TPSA) is 89.2 Å². The van der Waals surface area contributed by atoms with Crippen LogP contribution in [-0.4, -0.2) is 50.6 Å². The van der Waals surface area contributed by atoms with Crippen molar-refractivity contribution in [2.24, 2.45) is 10.7 Å². The molecule has 0 aromatic heterocycles. The van der Waals surface area contributed by atoms with E-state index in [9.17, 15) is 4.79 Å². The van der Waals surface area contributed by atoms with Crippen molar-refractivity contribution in [2.75, 3.05) is 33.9 Å². The smallest absolute Gasteiger partial charge is 0.255 e. The number of carbonyl (C=O) groups is 1. The van der Waals surface area contributed by atoms with E-state index in [1.807, 2.05) is 50.4 Å². The lowest BCUT2D eigenvalue weighted by atomic mass is 10.1. The molecule has 3 N–H and O–H groups in total. The Bertz CT molecular complexity index is 789. The molecule has 7 heteroatoms. The highest BCUT2D eigenvalue weighted by Gasteiger charge is 2.07. The molecule has 0 heterocycles. The average molecular weight is 399 g/mol. The summed E-state index contributed by atoms with van der Waals surface area (Å²) >= 11 is 0. The second-order valence-electron chi connectivity index (χ2n) is 6.56. The van der Waals surface area contributed by atoms with Gasteiger partial charge in [-0.1, -0.05) is 24.3 Å². The zero-order valence-corrected chi connectivity index (χ0v) is 17.4. The normalized spacial score (nSPS) is 11.1. The first-order chi connectivity index (χ1) is 14.0. The molecule has 0 saturated carbocycles. The monoisotopic (exact) mass is 398 g/mol. The molecule has 7 nitrogen and oxygen atoms in total. The van der Waals surface area contributed by atoms with Crippen molar-refractivity contribution < 1.29 is 14.3 Å². The SMILES string of the molecule is CCOc1ccc(CN(C)C(=NC)NCCc2ccc(OCC(N)=O)cc2)cc1. The Hall–Kier alpha value is -3.22. The molecule has 29 heavy (non-hydrogen) atoms. The third-order valence-electron chi connectivity index (χ3n) is 4.23. The van der Waals surface area contributed by atoms with Crippen molar-refractivity contribution in [3.05, 3.63) is 59.7 Å². The van der Waals surface area contributed by atoms with Crippen molar-refractivity contribution in [3.8, 4) is 11.5 Å². The summed E-state index contributed by atoms with van der Waals surface area (Å²) < 4.78 is 10.8. The summed E-state index contributed by atoms with van der Waals surface area (Å²) in [4.78, 5) is 17.2. The van der Waals surface area contributed by atoms with E-state index in [1.165, 1.54) is 5.56 Å². The highest BCUT2D eigenvalue weighted by Crippen LogP contribution is 2.14. The Kier molecular flexibility index (Phi) is 8.82. The van der Waals surface area contributed by atoms with E-state index < -0.39 is 5.91 Å². The number of benzene rings is 2. The predicted octanol–water partition coefficient (Wildman–Crippen LogP) is 2.20.